The number of aliphatic carboxylic acids is 1. The molecule has 2 aliphatic heterocycles. The SMILES string of the molecule is C=CCCCCC[C@@H]1COC(C)(C)O1.CC1(C)OC[C@@H](CCCCCC=O)O1.CCOC(=O)/C=C\CCCCC[C@@H](O)CO.CCOC(=O)CP(=O)(OCC(F)(F)F)OCC(F)(F)F.O=C(O)/C=C\CCCCC[C@@H](O)CO.[Na+].[OH-]. The molecule has 19 nitrogen and oxygen atoms in total. The molecule has 27 heteroatoms. The van der Waals surface area contributed by atoms with Crippen LogP contribution in [0.25, 0.3) is 0 Å². The smallest absolute Gasteiger partial charge is 0.870 e. The van der Waals surface area contributed by atoms with Gasteiger partial charge in [0.1, 0.15) is 12.4 Å². The van der Waals surface area contributed by atoms with Crippen LogP contribution in [-0.4, -0.2) is 163 Å². The van der Waals surface area contributed by atoms with E-state index in [0.29, 0.717) is 38.6 Å². The van der Waals surface area contributed by atoms with E-state index in [-0.39, 0.29) is 72.7 Å². The summed E-state index contributed by atoms with van der Waals surface area (Å²) >= 11 is 0. The first-order valence-electron chi connectivity index (χ1n) is 26.7. The van der Waals surface area contributed by atoms with Gasteiger partial charge in [0.2, 0.25) is 0 Å². The van der Waals surface area contributed by atoms with E-state index in [1.54, 1.807) is 19.1 Å². The summed E-state index contributed by atoms with van der Waals surface area (Å²) < 4.78 is 122. The predicted molar refractivity (Wildman–Crippen MR) is 282 cm³/mol. The summed E-state index contributed by atoms with van der Waals surface area (Å²) in [7, 11) is -4.91. The standard InChI is InChI=1S/C12H22O4.C12H22O2.C11H20O3.C10H18O4.C8H11F6O5P.Na.H2O/c1-2-16-12(15)9-7-5-3-4-6-8-11(14)10-13;1-4-5-6-7-8-9-11-10-13-12(2,3)14-11;1-11(2)13-9-10(14-11)7-5-3-4-6-8-12;11-8-9(12)6-4-2-1-3-5-7-10(13)14;1-2-17-6(15)3-20(16,18-4-7(9,10)11)19-5-8(12,13)14;;/h7,9,11,13-14H,2-6,8,10H2,1H3;4,11H,1,5-10H2,2-3H3;8,10H,3-7,9H2,1-2H3;5,7,9,11-12H,1-4,6,8H2,(H,13,14);2-5H2,1H3;;1H2/q;;;;;+1;/p-1/b9-7-;;;7-5-;;;/t2*11-;10-;9-;;;/m1111.../s1. The van der Waals surface area contributed by atoms with E-state index in [4.69, 9.17) is 49.2 Å². The molecule has 468 valence electrons. The zero-order valence-corrected chi connectivity index (χ0v) is 51.1. The van der Waals surface area contributed by atoms with Crippen LogP contribution in [0.3, 0.4) is 0 Å². The molecule has 0 bridgehead atoms. The number of hydrogen-bond donors (Lipinski definition) is 5. The van der Waals surface area contributed by atoms with Crippen LogP contribution in [0, 0.1) is 0 Å². The third-order valence-electron chi connectivity index (χ3n) is 10.4. The van der Waals surface area contributed by atoms with Crippen molar-refractivity contribution >= 4 is 31.8 Å². The molecule has 0 spiro atoms. The number of unbranched alkanes of at least 4 members (excludes halogenated alkanes) is 12. The Morgan fingerprint density at radius 3 is 1.41 bits per heavy atom. The monoisotopic (exact) mass is 1200 g/mol. The van der Waals surface area contributed by atoms with Crippen molar-refractivity contribution in [2.24, 2.45) is 0 Å². The van der Waals surface area contributed by atoms with Gasteiger partial charge >= 0.3 is 67.4 Å². The molecule has 4 atom stereocenters. The van der Waals surface area contributed by atoms with Crippen molar-refractivity contribution in [2.45, 2.75) is 218 Å². The van der Waals surface area contributed by atoms with Crippen molar-refractivity contribution < 1.29 is 148 Å². The van der Waals surface area contributed by atoms with Crippen molar-refractivity contribution in [3.63, 3.8) is 0 Å². The van der Waals surface area contributed by atoms with Gasteiger partial charge in [-0.3, -0.25) is 18.4 Å². The number of hydrogen-bond acceptors (Lipinski definition) is 18. The Morgan fingerprint density at radius 1 is 0.662 bits per heavy atom. The number of aliphatic hydroxyl groups excluding tert-OH is 4. The Hall–Kier alpha value is -2.33. The van der Waals surface area contributed by atoms with E-state index >= 15 is 0 Å². The van der Waals surface area contributed by atoms with E-state index in [1.165, 1.54) is 32.3 Å². The van der Waals surface area contributed by atoms with Crippen LogP contribution in [0.2, 0.25) is 0 Å². The van der Waals surface area contributed by atoms with Crippen LogP contribution in [0.15, 0.2) is 37.0 Å². The van der Waals surface area contributed by atoms with E-state index in [2.05, 4.69) is 20.4 Å². The first-order chi connectivity index (χ1) is 36.5. The first-order valence-corrected chi connectivity index (χ1v) is 28.4. The molecule has 0 saturated carbocycles. The van der Waals surface area contributed by atoms with Crippen molar-refractivity contribution in [3.05, 3.63) is 37.0 Å². The van der Waals surface area contributed by atoms with Crippen LogP contribution >= 0.6 is 7.60 Å². The second-order valence-electron chi connectivity index (χ2n) is 18.8. The molecule has 2 fully saturated rings. The number of aldehydes is 1. The fourth-order valence-corrected chi connectivity index (χ4v) is 7.99. The normalized spacial score (nSPS) is 17.1. The van der Waals surface area contributed by atoms with Gasteiger partial charge in [0.15, 0.2) is 24.8 Å². The number of allylic oxidation sites excluding steroid dienone is 3. The topological polar surface area (TPSA) is 290 Å². The van der Waals surface area contributed by atoms with E-state index < -0.39 is 69.3 Å². The number of carboxylic acids is 1. The summed E-state index contributed by atoms with van der Waals surface area (Å²) in [5, 5.41) is 43.4. The quantitative estimate of drug-likeness (QED) is 0.00589. The molecule has 0 unspecified atom stereocenters. The van der Waals surface area contributed by atoms with E-state index in [1.807, 2.05) is 33.8 Å². The molecule has 2 heterocycles. The summed E-state index contributed by atoms with van der Waals surface area (Å²) in [4.78, 5) is 42.0. The Morgan fingerprint density at radius 2 is 1.06 bits per heavy atom. The summed E-state index contributed by atoms with van der Waals surface area (Å²) in [5.74, 6) is -3.25. The zero-order valence-electron chi connectivity index (χ0n) is 48.2. The molecular weight excluding hydrogens is 1110 g/mol. The number of esters is 2. The van der Waals surface area contributed by atoms with Crippen molar-refractivity contribution in [1.82, 2.24) is 0 Å². The van der Waals surface area contributed by atoms with Crippen LogP contribution < -0.4 is 29.6 Å². The molecule has 0 amide bonds. The number of carbonyl (C=O) groups is 4. The number of rotatable bonds is 36. The Balaban J connectivity index is -0.000000293. The molecule has 0 radical (unpaired) electrons. The summed E-state index contributed by atoms with van der Waals surface area (Å²) in [6.07, 6.45) is 16.6. The van der Waals surface area contributed by atoms with Crippen LogP contribution in [0.4, 0.5) is 26.3 Å². The van der Waals surface area contributed by atoms with Crippen LogP contribution in [-0.2, 0) is 61.2 Å². The van der Waals surface area contributed by atoms with Gasteiger partial charge < -0.3 is 64.2 Å². The van der Waals surface area contributed by atoms with Gasteiger partial charge in [0.05, 0.1) is 64.1 Å². The molecule has 2 saturated heterocycles. The molecule has 2 rings (SSSR count). The van der Waals surface area contributed by atoms with Crippen molar-refractivity contribution in [1.29, 1.82) is 0 Å². The second-order valence-corrected chi connectivity index (χ2v) is 20.9. The van der Waals surface area contributed by atoms with Crippen LogP contribution in [0.5, 0.6) is 0 Å². The predicted octanol–water partition coefficient (Wildman–Crippen LogP) is 7.63. The largest absolute Gasteiger partial charge is 1.00 e. The maximum absolute atomic E-state index is 11.9. The number of carboxylic acid groups (broad SMARTS) is 1. The summed E-state index contributed by atoms with van der Waals surface area (Å²) in [5.41, 5.74) is 0. The average Bonchev–Trinajstić information content (AvgIpc) is 3.90. The average molecular weight is 1200 g/mol. The van der Waals surface area contributed by atoms with E-state index in [0.717, 1.165) is 109 Å². The molecule has 0 aliphatic carbocycles. The Labute approximate surface area is 492 Å². The minimum absolute atomic E-state index is 0. The fourth-order valence-electron chi connectivity index (χ4n) is 6.64. The van der Waals surface area contributed by atoms with Gasteiger partial charge in [-0.15, -0.1) is 6.58 Å². The number of alkyl halides is 6. The molecule has 2 aliphatic rings. The van der Waals surface area contributed by atoms with Gasteiger partial charge in [-0.25, -0.2) is 9.59 Å². The molecule has 0 aromatic heterocycles. The third-order valence-corrected chi connectivity index (χ3v) is 12.1. The summed E-state index contributed by atoms with van der Waals surface area (Å²) in [6.45, 7) is 11.8. The number of halogens is 6. The van der Waals surface area contributed by atoms with Gasteiger partial charge in [0.25, 0.3) is 0 Å². The molecular formula is C53H94F6NaO19P. The zero-order chi connectivity index (χ0) is 59.9. The molecule has 0 aromatic rings. The Bertz CT molecular complexity index is 1590. The molecule has 0 aromatic carbocycles. The van der Waals surface area contributed by atoms with Crippen LogP contribution in [0.1, 0.15) is 170 Å². The third kappa shape index (κ3) is 61.7. The van der Waals surface area contributed by atoms with Crippen molar-refractivity contribution in [3.8, 4) is 0 Å². The van der Waals surface area contributed by atoms with E-state index in [9.17, 15) is 50.1 Å². The van der Waals surface area contributed by atoms with Crippen molar-refractivity contribution in [2.75, 3.05) is 59.0 Å². The van der Waals surface area contributed by atoms with Gasteiger partial charge in [0, 0.05) is 18.6 Å². The number of carbonyl (C=O) groups excluding carboxylic acids is 3. The number of ether oxygens (including phenoxy) is 6. The van der Waals surface area contributed by atoms with Gasteiger partial charge in [-0.1, -0.05) is 69.6 Å². The maximum atomic E-state index is 11.9. The maximum Gasteiger partial charge on any atom is 1.00 e. The minimum Gasteiger partial charge on any atom is -0.870 e. The molecule has 6 N–H and O–H groups in total. The minimum atomic E-state index is -4.94. The number of aliphatic hydroxyl groups is 4. The Kier molecular flexibility index (Phi) is 56.5. The second kappa shape index (κ2) is 52.2. The summed E-state index contributed by atoms with van der Waals surface area (Å²) in [6, 6.07) is 0. The van der Waals surface area contributed by atoms with Gasteiger partial charge in [-0.05, 0) is 112 Å². The fraction of sp³-hybridized carbons (Fsp3) is 0.811. The first kappa shape index (κ1) is 86.5. The van der Waals surface area contributed by atoms with Gasteiger partial charge in [-0.2, -0.15) is 26.3 Å². The molecule has 80 heavy (non-hydrogen) atoms.